The van der Waals surface area contributed by atoms with Crippen molar-refractivity contribution in [1.82, 2.24) is 20.0 Å². The van der Waals surface area contributed by atoms with Crippen LogP contribution in [0.25, 0.3) is 5.65 Å². The van der Waals surface area contributed by atoms with Gasteiger partial charge in [-0.25, -0.2) is 9.78 Å². The number of hydrogen-bond acceptors (Lipinski definition) is 3. The van der Waals surface area contributed by atoms with E-state index >= 15 is 0 Å². The molecule has 1 atom stereocenters. The van der Waals surface area contributed by atoms with Crippen molar-refractivity contribution in [3.05, 3.63) is 35.8 Å². The number of aromatic nitrogens is 2. The van der Waals surface area contributed by atoms with Gasteiger partial charge in [0.1, 0.15) is 5.65 Å². The van der Waals surface area contributed by atoms with Crippen LogP contribution in [-0.4, -0.2) is 33.5 Å². The average molecular weight is 292 g/mol. The highest BCUT2D eigenvalue weighted by Crippen LogP contribution is 2.08. The van der Waals surface area contributed by atoms with Crippen LogP contribution in [0.4, 0.5) is 4.79 Å². The standard InChI is InChI=1S/C14H20N4OS/c1-10(9-20-3)16-14(19)15-7-12-8-18-11(2)5-4-6-13(18)17-12/h4-6,8,10H,7,9H2,1-3H3,(H2,15,16,19). The molecule has 20 heavy (non-hydrogen) atoms. The lowest BCUT2D eigenvalue weighted by Crippen LogP contribution is -2.41. The first-order valence-electron chi connectivity index (χ1n) is 6.57. The van der Waals surface area contributed by atoms with Crippen molar-refractivity contribution in [1.29, 1.82) is 0 Å². The predicted molar refractivity (Wildman–Crippen MR) is 83.1 cm³/mol. The third-order valence-corrected chi connectivity index (χ3v) is 3.80. The Bertz CT molecular complexity index is 596. The second-order valence-corrected chi connectivity index (χ2v) is 5.72. The molecular weight excluding hydrogens is 272 g/mol. The van der Waals surface area contributed by atoms with Crippen molar-refractivity contribution < 1.29 is 4.79 Å². The molecule has 0 saturated heterocycles. The summed E-state index contributed by atoms with van der Waals surface area (Å²) in [6.45, 7) is 4.45. The van der Waals surface area contributed by atoms with Gasteiger partial charge in [0.15, 0.2) is 0 Å². The summed E-state index contributed by atoms with van der Waals surface area (Å²) in [5.74, 6) is 0.904. The molecule has 2 aromatic heterocycles. The van der Waals surface area contributed by atoms with Crippen molar-refractivity contribution in [2.45, 2.75) is 26.4 Å². The maximum Gasteiger partial charge on any atom is 0.315 e. The number of carbonyl (C=O) groups excluding carboxylic acids is 1. The highest BCUT2D eigenvalue weighted by Gasteiger charge is 2.08. The molecule has 5 nitrogen and oxygen atoms in total. The van der Waals surface area contributed by atoms with Crippen LogP contribution in [0.2, 0.25) is 0 Å². The lowest BCUT2D eigenvalue weighted by atomic mass is 10.4. The molecule has 0 bridgehead atoms. The SMILES string of the molecule is CSCC(C)NC(=O)NCc1cn2c(C)cccc2n1. The summed E-state index contributed by atoms with van der Waals surface area (Å²) >= 11 is 1.71. The number of rotatable bonds is 5. The van der Waals surface area contributed by atoms with Crippen LogP contribution in [0.5, 0.6) is 0 Å². The van der Waals surface area contributed by atoms with Gasteiger partial charge in [0, 0.05) is 23.7 Å². The molecule has 6 heteroatoms. The second kappa shape index (κ2) is 6.65. The summed E-state index contributed by atoms with van der Waals surface area (Å²) in [5, 5.41) is 5.72. The lowest BCUT2D eigenvalue weighted by Gasteiger charge is -2.12. The quantitative estimate of drug-likeness (QED) is 0.888. The smallest absolute Gasteiger partial charge is 0.315 e. The van der Waals surface area contributed by atoms with Crippen LogP contribution in [-0.2, 0) is 6.54 Å². The fourth-order valence-corrected chi connectivity index (χ4v) is 2.60. The number of imidazole rings is 1. The maximum atomic E-state index is 11.7. The Labute approximate surface area is 123 Å². The minimum atomic E-state index is -0.152. The number of hydrogen-bond donors (Lipinski definition) is 2. The van der Waals surface area contributed by atoms with Crippen molar-refractivity contribution in [2.24, 2.45) is 0 Å². The van der Waals surface area contributed by atoms with E-state index in [1.54, 1.807) is 11.8 Å². The zero-order valence-corrected chi connectivity index (χ0v) is 12.8. The Balaban J connectivity index is 1.92. The van der Waals surface area contributed by atoms with Crippen molar-refractivity contribution in [2.75, 3.05) is 12.0 Å². The van der Waals surface area contributed by atoms with Crippen LogP contribution in [0, 0.1) is 6.92 Å². The Hall–Kier alpha value is -1.69. The summed E-state index contributed by atoms with van der Waals surface area (Å²) in [7, 11) is 0. The number of nitrogens with one attached hydrogen (secondary N) is 2. The van der Waals surface area contributed by atoms with Crippen LogP contribution < -0.4 is 10.6 Å². The summed E-state index contributed by atoms with van der Waals surface area (Å²) in [6.07, 6.45) is 3.98. The molecule has 0 fully saturated rings. The van der Waals surface area contributed by atoms with E-state index in [2.05, 4.69) is 15.6 Å². The Morgan fingerprint density at radius 3 is 3.00 bits per heavy atom. The van der Waals surface area contributed by atoms with Gasteiger partial charge in [-0.05, 0) is 32.2 Å². The topological polar surface area (TPSA) is 58.4 Å². The molecule has 2 N–H and O–H groups in total. The molecule has 2 amide bonds. The minimum absolute atomic E-state index is 0.152. The third-order valence-electron chi connectivity index (χ3n) is 2.97. The van der Waals surface area contributed by atoms with Crippen molar-refractivity contribution in [3.8, 4) is 0 Å². The Kier molecular flexibility index (Phi) is 4.89. The minimum Gasteiger partial charge on any atom is -0.335 e. The van der Waals surface area contributed by atoms with Gasteiger partial charge >= 0.3 is 6.03 Å². The molecule has 0 aliphatic rings. The number of amides is 2. The highest BCUT2D eigenvalue weighted by atomic mass is 32.2. The first kappa shape index (κ1) is 14.7. The molecule has 108 valence electrons. The van der Waals surface area contributed by atoms with E-state index in [0.29, 0.717) is 6.54 Å². The van der Waals surface area contributed by atoms with Gasteiger partial charge in [-0.2, -0.15) is 11.8 Å². The van der Waals surface area contributed by atoms with Gasteiger partial charge < -0.3 is 15.0 Å². The number of fused-ring (bicyclic) bond motifs is 1. The zero-order valence-electron chi connectivity index (χ0n) is 12.0. The van der Waals surface area contributed by atoms with E-state index in [1.165, 1.54) is 0 Å². The monoisotopic (exact) mass is 292 g/mol. The molecular formula is C14H20N4OS. The van der Waals surface area contributed by atoms with E-state index in [4.69, 9.17) is 0 Å². The van der Waals surface area contributed by atoms with E-state index in [-0.39, 0.29) is 12.1 Å². The molecule has 2 heterocycles. The fraction of sp³-hybridized carbons (Fsp3) is 0.429. The maximum absolute atomic E-state index is 11.7. The average Bonchev–Trinajstić information content (AvgIpc) is 2.81. The van der Waals surface area contributed by atoms with Crippen LogP contribution >= 0.6 is 11.8 Å². The summed E-state index contributed by atoms with van der Waals surface area (Å²) in [4.78, 5) is 16.2. The van der Waals surface area contributed by atoms with Gasteiger partial charge in [0.2, 0.25) is 0 Å². The summed E-state index contributed by atoms with van der Waals surface area (Å²) < 4.78 is 2.02. The number of aryl methyl sites for hydroxylation is 1. The van der Waals surface area contributed by atoms with Gasteiger partial charge in [0.05, 0.1) is 12.2 Å². The molecule has 0 saturated carbocycles. The van der Waals surface area contributed by atoms with Gasteiger partial charge in [0.25, 0.3) is 0 Å². The zero-order chi connectivity index (χ0) is 14.5. The molecule has 0 aliphatic carbocycles. The number of pyridine rings is 1. The number of urea groups is 1. The summed E-state index contributed by atoms with van der Waals surface area (Å²) in [5.41, 5.74) is 2.88. The molecule has 0 aromatic carbocycles. The van der Waals surface area contributed by atoms with Gasteiger partial charge in [-0.3, -0.25) is 0 Å². The third kappa shape index (κ3) is 3.66. The summed E-state index contributed by atoms with van der Waals surface area (Å²) in [6, 6.07) is 5.97. The fourth-order valence-electron chi connectivity index (χ4n) is 2.02. The molecule has 0 radical (unpaired) electrons. The van der Waals surface area contributed by atoms with Crippen molar-refractivity contribution >= 4 is 23.4 Å². The normalized spacial score (nSPS) is 12.3. The molecule has 2 rings (SSSR count). The van der Waals surface area contributed by atoms with Crippen LogP contribution in [0.15, 0.2) is 24.4 Å². The van der Waals surface area contributed by atoms with Crippen LogP contribution in [0.1, 0.15) is 18.3 Å². The van der Waals surface area contributed by atoms with E-state index in [1.807, 2.05) is 48.9 Å². The molecule has 0 aliphatic heterocycles. The van der Waals surface area contributed by atoms with Crippen molar-refractivity contribution in [3.63, 3.8) is 0 Å². The number of carbonyl (C=O) groups is 1. The number of thioether (sulfide) groups is 1. The lowest BCUT2D eigenvalue weighted by molar-refractivity contribution is 0.238. The Morgan fingerprint density at radius 2 is 2.30 bits per heavy atom. The van der Waals surface area contributed by atoms with Gasteiger partial charge in [-0.15, -0.1) is 0 Å². The highest BCUT2D eigenvalue weighted by molar-refractivity contribution is 7.98. The first-order chi connectivity index (χ1) is 9.60. The molecule has 2 aromatic rings. The molecule has 1 unspecified atom stereocenters. The predicted octanol–water partition coefficient (Wildman–Crippen LogP) is 2.19. The largest absolute Gasteiger partial charge is 0.335 e. The van der Waals surface area contributed by atoms with Crippen LogP contribution in [0.3, 0.4) is 0 Å². The Morgan fingerprint density at radius 1 is 1.50 bits per heavy atom. The second-order valence-electron chi connectivity index (χ2n) is 4.81. The van der Waals surface area contributed by atoms with E-state index < -0.39 is 0 Å². The number of nitrogens with zero attached hydrogens (tertiary/aromatic N) is 2. The molecule has 0 spiro atoms. The van der Waals surface area contributed by atoms with E-state index in [9.17, 15) is 4.79 Å². The first-order valence-corrected chi connectivity index (χ1v) is 7.96. The van der Waals surface area contributed by atoms with Gasteiger partial charge in [-0.1, -0.05) is 6.07 Å². The van der Waals surface area contributed by atoms with E-state index in [0.717, 1.165) is 22.8 Å².